The minimum absolute atomic E-state index is 0.0498. The number of carbonyl (C=O) groups excluding carboxylic acids is 2. The molecule has 0 bridgehead atoms. The van der Waals surface area contributed by atoms with Crippen LogP contribution in [0.25, 0.3) is 0 Å². The predicted molar refractivity (Wildman–Crippen MR) is 122 cm³/mol. The fourth-order valence-corrected chi connectivity index (χ4v) is 4.18. The zero-order valence-corrected chi connectivity index (χ0v) is 18.6. The van der Waals surface area contributed by atoms with Gasteiger partial charge in [0.2, 0.25) is 5.91 Å². The quantitative estimate of drug-likeness (QED) is 0.483. The van der Waals surface area contributed by atoms with Gasteiger partial charge in [0, 0.05) is 42.2 Å². The van der Waals surface area contributed by atoms with E-state index in [0.717, 1.165) is 24.6 Å². The highest BCUT2D eigenvalue weighted by Gasteiger charge is 2.46. The van der Waals surface area contributed by atoms with Crippen molar-refractivity contribution in [3.05, 3.63) is 59.7 Å². The van der Waals surface area contributed by atoms with Crippen LogP contribution in [0.5, 0.6) is 5.75 Å². The van der Waals surface area contributed by atoms with Gasteiger partial charge in [-0.05, 0) is 29.7 Å². The number of hydrogen-bond donors (Lipinski definition) is 3. The first-order valence-electron chi connectivity index (χ1n) is 10.6. The van der Waals surface area contributed by atoms with E-state index >= 15 is 0 Å². The highest BCUT2D eigenvalue weighted by atomic mass is 19.4. The third-order valence-corrected chi connectivity index (χ3v) is 5.45. The van der Waals surface area contributed by atoms with Crippen molar-refractivity contribution >= 4 is 29.9 Å². The molecule has 2 atom stereocenters. The lowest BCUT2D eigenvalue weighted by atomic mass is 9.76. The maximum atomic E-state index is 13.5. The molecule has 0 radical (unpaired) electrons. The lowest BCUT2D eigenvalue weighted by molar-refractivity contribution is -0.274. The van der Waals surface area contributed by atoms with Gasteiger partial charge in [0.25, 0.3) is 5.91 Å². The summed E-state index contributed by atoms with van der Waals surface area (Å²) >= 11 is 0. The summed E-state index contributed by atoms with van der Waals surface area (Å²) in [4.78, 5) is 28.4. The number of benzene rings is 2. The van der Waals surface area contributed by atoms with Gasteiger partial charge in [0.15, 0.2) is 0 Å². The van der Waals surface area contributed by atoms with Gasteiger partial charge < -0.3 is 25.8 Å². The number of halogens is 3. The SMILES string of the molecule is CC(C)CN1C(=O)c2ccccc2[C@@H](C(=O)Nc2cccc(OC(F)(F)F)c2)[C@@H]1C(C=N)C=N. The summed E-state index contributed by atoms with van der Waals surface area (Å²) in [6, 6.07) is 10.7. The van der Waals surface area contributed by atoms with Crippen LogP contribution in [0.3, 0.4) is 0 Å². The van der Waals surface area contributed by atoms with Crippen molar-refractivity contribution in [2.75, 3.05) is 11.9 Å². The van der Waals surface area contributed by atoms with E-state index in [9.17, 15) is 22.8 Å². The van der Waals surface area contributed by atoms with Gasteiger partial charge in [-0.15, -0.1) is 13.2 Å². The van der Waals surface area contributed by atoms with E-state index in [-0.39, 0.29) is 17.5 Å². The number of fused-ring (bicyclic) bond motifs is 1. The number of amides is 2. The average molecular weight is 474 g/mol. The van der Waals surface area contributed by atoms with E-state index < -0.39 is 35.9 Å². The molecule has 180 valence electrons. The molecule has 0 spiro atoms. The Kier molecular flexibility index (Phi) is 7.38. The van der Waals surface area contributed by atoms with Crippen LogP contribution < -0.4 is 10.1 Å². The number of nitrogens with zero attached hydrogens (tertiary/aromatic N) is 1. The van der Waals surface area contributed by atoms with Crippen molar-refractivity contribution in [3.8, 4) is 5.75 Å². The number of alkyl halides is 3. The molecule has 3 rings (SSSR count). The van der Waals surface area contributed by atoms with Gasteiger partial charge in [-0.2, -0.15) is 0 Å². The molecule has 2 aromatic carbocycles. The second-order valence-electron chi connectivity index (χ2n) is 8.38. The first-order chi connectivity index (χ1) is 16.1. The summed E-state index contributed by atoms with van der Waals surface area (Å²) < 4.78 is 41.7. The third kappa shape index (κ3) is 5.44. The van der Waals surface area contributed by atoms with Crippen molar-refractivity contribution in [2.45, 2.75) is 32.2 Å². The van der Waals surface area contributed by atoms with Crippen LogP contribution >= 0.6 is 0 Å². The van der Waals surface area contributed by atoms with Crippen molar-refractivity contribution in [2.24, 2.45) is 11.8 Å². The first-order valence-corrected chi connectivity index (χ1v) is 10.6. The second kappa shape index (κ2) is 10.1. The molecule has 0 saturated carbocycles. The van der Waals surface area contributed by atoms with Gasteiger partial charge in [-0.1, -0.05) is 38.1 Å². The molecule has 3 N–H and O–H groups in total. The molecule has 0 fully saturated rings. The standard InChI is InChI=1S/C24H25F3N4O3/c1-14(2)13-31-21(15(11-28)12-29)20(18-8-3-4-9-19(18)23(31)33)22(32)30-16-6-5-7-17(10-16)34-24(25,26)27/h3-12,14-15,20-21,28-29H,13H2,1-2H3,(H,30,32)/t15?,20-,21+/m1/s1. The maximum absolute atomic E-state index is 13.5. The van der Waals surface area contributed by atoms with Crippen LogP contribution in [-0.2, 0) is 4.79 Å². The van der Waals surface area contributed by atoms with Crippen molar-refractivity contribution in [1.82, 2.24) is 4.90 Å². The number of ether oxygens (including phenoxy) is 1. The largest absolute Gasteiger partial charge is 0.573 e. The number of carbonyl (C=O) groups is 2. The molecule has 34 heavy (non-hydrogen) atoms. The summed E-state index contributed by atoms with van der Waals surface area (Å²) in [5, 5.41) is 18.3. The number of rotatable bonds is 8. The third-order valence-electron chi connectivity index (χ3n) is 5.45. The highest BCUT2D eigenvalue weighted by molar-refractivity contribution is 6.05. The lowest BCUT2D eigenvalue weighted by Crippen LogP contribution is -2.56. The molecule has 1 heterocycles. The molecule has 10 heteroatoms. The van der Waals surface area contributed by atoms with E-state index in [0.29, 0.717) is 17.7 Å². The molecule has 2 aromatic rings. The lowest BCUT2D eigenvalue weighted by Gasteiger charge is -2.44. The van der Waals surface area contributed by atoms with Crippen LogP contribution in [0.15, 0.2) is 48.5 Å². The molecule has 0 aromatic heterocycles. The smallest absolute Gasteiger partial charge is 0.406 e. The summed E-state index contributed by atoms with van der Waals surface area (Å²) in [7, 11) is 0. The van der Waals surface area contributed by atoms with E-state index in [2.05, 4.69) is 10.1 Å². The van der Waals surface area contributed by atoms with Crippen molar-refractivity contribution in [1.29, 1.82) is 10.8 Å². The molecule has 0 aliphatic carbocycles. The minimum atomic E-state index is -4.88. The molecular formula is C24H25F3N4O3. The zero-order valence-electron chi connectivity index (χ0n) is 18.6. The summed E-state index contributed by atoms with van der Waals surface area (Å²) in [6.07, 6.45) is -2.84. The van der Waals surface area contributed by atoms with Crippen LogP contribution in [-0.4, -0.2) is 48.1 Å². The monoisotopic (exact) mass is 474 g/mol. The Labute approximate surface area is 194 Å². The Bertz CT molecular complexity index is 1080. The first kappa shape index (κ1) is 24.9. The van der Waals surface area contributed by atoms with E-state index in [1.165, 1.54) is 17.0 Å². The van der Waals surface area contributed by atoms with Gasteiger partial charge >= 0.3 is 6.36 Å². The fraction of sp³-hybridized carbons (Fsp3) is 0.333. The molecule has 7 nitrogen and oxygen atoms in total. The Morgan fingerprint density at radius 2 is 1.82 bits per heavy atom. The van der Waals surface area contributed by atoms with Gasteiger partial charge in [-0.3, -0.25) is 9.59 Å². The van der Waals surface area contributed by atoms with Gasteiger partial charge in [0.05, 0.1) is 12.0 Å². The van der Waals surface area contributed by atoms with Crippen LogP contribution in [0.2, 0.25) is 0 Å². The fourth-order valence-electron chi connectivity index (χ4n) is 4.18. The number of hydrogen-bond acceptors (Lipinski definition) is 5. The van der Waals surface area contributed by atoms with Crippen LogP contribution in [0, 0.1) is 22.7 Å². The van der Waals surface area contributed by atoms with Crippen LogP contribution in [0.1, 0.15) is 35.7 Å². The molecule has 0 unspecified atom stereocenters. The molecule has 1 aliphatic rings. The zero-order chi connectivity index (χ0) is 25.0. The Morgan fingerprint density at radius 1 is 1.15 bits per heavy atom. The highest BCUT2D eigenvalue weighted by Crippen LogP contribution is 2.38. The van der Waals surface area contributed by atoms with Crippen molar-refractivity contribution < 1.29 is 27.5 Å². The molecule has 0 saturated heterocycles. The average Bonchev–Trinajstić information content (AvgIpc) is 2.76. The Hall–Kier alpha value is -3.69. The summed E-state index contributed by atoms with van der Waals surface area (Å²) in [6.45, 7) is 4.13. The van der Waals surface area contributed by atoms with Gasteiger partial charge in [-0.25, -0.2) is 0 Å². The van der Waals surface area contributed by atoms with E-state index in [1.807, 2.05) is 13.8 Å². The van der Waals surface area contributed by atoms with Crippen LogP contribution in [0.4, 0.5) is 18.9 Å². The minimum Gasteiger partial charge on any atom is -0.406 e. The van der Waals surface area contributed by atoms with Gasteiger partial charge in [0.1, 0.15) is 5.75 Å². The molecular weight excluding hydrogens is 449 g/mol. The normalized spacial score (nSPS) is 18.8. The van der Waals surface area contributed by atoms with E-state index in [1.54, 1.807) is 24.3 Å². The predicted octanol–water partition coefficient (Wildman–Crippen LogP) is 4.70. The Morgan fingerprint density at radius 3 is 2.44 bits per heavy atom. The number of anilines is 1. The summed E-state index contributed by atoms with van der Waals surface area (Å²) in [5.41, 5.74) is 0.852. The molecule has 1 aliphatic heterocycles. The van der Waals surface area contributed by atoms with Crippen molar-refractivity contribution in [3.63, 3.8) is 0 Å². The topological polar surface area (TPSA) is 106 Å². The number of nitrogens with one attached hydrogen (secondary N) is 3. The Balaban J connectivity index is 2.05. The second-order valence-corrected chi connectivity index (χ2v) is 8.38. The van der Waals surface area contributed by atoms with E-state index in [4.69, 9.17) is 10.8 Å². The maximum Gasteiger partial charge on any atom is 0.573 e. The molecule has 2 amide bonds. The summed E-state index contributed by atoms with van der Waals surface area (Å²) in [5.74, 6) is -3.11.